The Kier molecular flexibility index (Phi) is 6.65. The number of hydrogen-bond acceptors (Lipinski definition) is 5. The molecule has 0 atom stereocenters. The van der Waals surface area contributed by atoms with E-state index in [1.807, 2.05) is 13.8 Å². The zero-order valence-electron chi connectivity index (χ0n) is 14.2. The minimum absolute atomic E-state index is 0.0967. The van der Waals surface area contributed by atoms with Crippen LogP contribution < -0.4 is 16.1 Å². The third-order valence-corrected chi connectivity index (χ3v) is 3.27. The third kappa shape index (κ3) is 5.42. The van der Waals surface area contributed by atoms with Crippen LogP contribution in [0.3, 0.4) is 0 Å². The average molecular weight is 339 g/mol. The molecule has 25 heavy (non-hydrogen) atoms. The molecule has 0 spiro atoms. The first kappa shape index (κ1) is 18.1. The van der Waals surface area contributed by atoms with Gasteiger partial charge in [0, 0.05) is 24.8 Å². The molecule has 2 rings (SSSR count). The molecule has 7 nitrogen and oxygen atoms in total. The molecule has 3 N–H and O–H groups in total. The van der Waals surface area contributed by atoms with Gasteiger partial charge in [-0.15, -0.1) is 0 Å². The monoisotopic (exact) mass is 339 g/mol. The molecule has 0 radical (unpaired) electrons. The van der Waals surface area contributed by atoms with E-state index in [2.05, 4.69) is 26.1 Å². The lowest BCUT2D eigenvalue weighted by Gasteiger charge is -2.03. The largest absolute Gasteiger partial charge is 0.352 e. The normalized spacial score (nSPS) is 10.5. The second kappa shape index (κ2) is 9.17. The third-order valence-electron chi connectivity index (χ3n) is 3.27. The Labute approximate surface area is 146 Å². The Morgan fingerprint density at radius 3 is 2.12 bits per heavy atom. The molecule has 2 aromatic rings. The summed E-state index contributed by atoms with van der Waals surface area (Å²) in [5.74, 6) is 0.279. The second-order valence-electron chi connectivity index (χ2n) is 5.14. The van der Waals surface area contributed by atoms with Crippen LogP contribution in [0.5, 0.6) is 0 Å². The van der Waals surface area contributed by atoms with Gasteiger partial charge in [0.25, 0.3) is 11.8 Å². The van der Waals surface area contributed by atoms with E-state index in [4.69, 9.17) is 0 Å². The van der Waals surface area contributed by atoms with Crippen LogP contribution in [0.4, 0.5) is 5.82 Å². The first-order valence-electron chi connectivity index (χ1n) is 8.05. The zero-order valence-corrected chi connectivity index (χ0v) is 14.2. The van der Waals surface area contributed by atoms with Crippen molar-refractivity contribution in [3.05, 3.63) is 59.3 Å². The van der Waals surface area contributed by atoms with Crippen molar-refractivity contribution in [1.82, 2.24) is 15.6 Å². The zero-order chi connectivity index (χ0) is 18.1. The molecule has 2 amide bonds. The maximum atomic E-state index is 11.7. The maximum absolute atomic E-state index is 11.7. The molecule has 0 saturated carbocycles. The molecule has 130 valence electrons. The summed E-state index contributed by atoms with van der Waals surface area (Å²) in [6, 6.07) is 10.5. The molecule has 0 aliphatic rings. The highest BCUT2D eigenvalue weighted by molar-refractivity contribution is 5.95. The van der Waals surface area contributed by atoms with E-state index in [-0.39, 0.29) is 11.8 Å². The highest BCUT2D eigenvalue weighted by Gasteiger charge is 2.04. The number of nitrogens with zero attached hydrogens (tertiary/aromatic N) is 2. The predicted octanol–water partition coefficient (Wildman–Crippen LogP) is 2.03. The first-order chi connectivity index (χ1) is 12.1. The van der Waals surface area contributed by atoms with Crippen LogP contribution in [0, 0.1) is 0 Å². The number of carbonyl (C=O) groups excluding carboxylic acids is 2. The van der Waals surface area contributed by atoms with E-state index < -0.39 is 0 Å². The van der Waals surface area contributed by atoms with Crippen LogP contribution in [0.15, 0.2) is 47.7 Å². The van der Waals surface area contributed by atoms with Crippen LogP contribution in [0.1, 0.15) is 40.1 Å². The number of hydrogen-bond donors (Lipinski definition) is 3. The Morgan fingerprint density at radius 1 is 0.960 bits per heavy atom. The molecular weight excluding hydrogens is 318 g/mol. The van der Waals surface area contributed by atoms with Crippen molar-refractivity contribution in [2.24, 2.45) is 5.10 Å². The molecule has 7 heteroatoms. The fourth-order valence-electron chi connectivity index (χ4n) is 2.01. The summed E-state index contributed by atoms with van der Waals surface area (Å²) in [7, 11) is 0. The summed E-state index contributed by atoms with van der Waals surface area (Å²) in [4.78, 5) is 27.5. The number of pyridine rings is 1. The number of nitrogens with one attached hydrogen (secondary N) is 3. The van der Waals surface area contributed by atoms with Gasteiger partial charge in [-0.05, 0) is 43.7 Å². The van der Waals surface area contributed by atoms with Gasteiger partial charge < -0.3 is 10.6 Å². The minimum Gasteiger partial charge on any atom is -0.352 e. The van der Waals surface area contributed by atoms with Gasteiger partial charge in [0.15, 0.2) is 0 Å². The van der Waals surface area contributed by atoms with Crippen molar-refractivity contribution in [3.8, 4) is 0 Å². The number of carbonyl (C=O) groups is 2. The number of benzene rings is 1. The van der Waals surface area contributed by atoms with Gasteiger partial charge in [0.05, 0.1) is 11.8 Å². The van der Waals surface area contributed by atoms with Crippen molar-refractivity contribution >= 4 is 23.8 Å². The number of aromatic nitrogens is 1. The van der Waals surface area contributed by atoms with E-state index in [9.17, 15) is 9.59 Å². The summed E-state index contributed by atoms with van der Waals surface area (Å²) < 4.78 is 0. The van der Waals surface area contributed by atoms with Crippen molar-refractivity contribution in [3.63, 3.8) is 0 Å². The molecule has 0 aliphatic heterocycles. The fourth-order valence-corrected chi connectivity index (χ4v) is 2.01. The van der Waals surface area contributed by atoms with E-state index in [1.165, 1.54) is 6.20 Å². The van der Waals surface area contributed by atoms with Crippen molar-refractivity contribution in [1.29, 1.82) is 0 Å². The highest BCUT2D eigenvalue weighted by atomic mass is 16.2. The molecule has 0 aliphatic carbocycles. The topological polar surface area (TPSA) is 95.5 Å². The van der Waals surface area contributed by atoms with Crippen LogP contribution in [-0.2, 0) is 0 Å². The minimum atomic E-state index is -0.155. The Balaban J connectivity index is 1.92. The number of rotatable bonds is 7. The van der Waals surface area contributed by atoms with Gasteiger partial charge >= 0.3 is 0 Å². The van der Waals surface area contributed by atoms with E-state index >= 15 is 0 Å². The smallest absolute Gasteiger partial charge is 0.252 e. The van der Waals surface area contributed by atoms with Gasteiger partial charge in [-0.25, -0.2) is 4.98 Å². The summed E-state index contributed by atoms with van der Waals surface area (Å²) >= 11 is 0. The van der Waals surface area contributed by atoms with E-state index in [1.54, 1.807) is 42.6 Å². The molecule has 0 bridgehead atoms. The number of anilines is 1. The average Bonchev–Trinajstić information content (AvgIpc) is 2.63. The van der Waals surface area contributed by atoms with Crippen LogP contribution in [0.2, 0.25) is 0 Å². The van der Waals surface area contributed by atoms with Gasteiger partial charge in [-0.2, -0.15) is 5.10 Å². The van der Waals surface area contributed by atoms with Gasteiger partial charge in [-0.1, -0.05) is 12.1 Å². The summed E-state index contributed by atoms with van der Waals surface area (Å²) in [5.41, 5.74) is 4.75. The SMILES string of the molecule is CCNC(=O)c1ccc(/C=N/Nc2ccc(C(=O)NCC)cn2)cc1. The van der Waals surface area contributed by atoms with Crippen LogP contribution >= 0.6 is 0 Å². The van der Waals surface area contributed by atoms with Crippen molar-refractivity contribution < 1.29 is 9.59 Å². The lowest BCUT2D eigenvalue weighted by atomic mass is 10.1. The Morgan fingerprint density at radius 2 is 1.56 bits per heavy atom. The van der Waals surface area contributed by atoms with Crippen LogP contribution in [-0.4, -0.2) is 36.1 Å². The number of amides is 2. The molecule has 1 aromatic carbocycles. The van der Waals surface area contributed by atoms with Gasteiger partial charge in [0.2, 0.25) is 0 Å². The van der Waals surface area contributed by atoms with Crippen molar-refractivity contribution in [2.45, 2.75) is 13.8 Å². The fraction of sp³-hybridized carbons (Fsp3) is 0.222. The molecular formula is C18H21N5O2. The standard InChI is InChI=1S/C18H21N5O2/c1-3-19-17(24)14-7-5-13(6-8-14)11-22-23-16-10-9-15(12-21-16)18(25)20-4-2/h5-12H,3-4H2,1-2H3,(H,19,24)(H,20,25)(H,21,23)/b22-11+. The molecule has 1 aromatic heterocycles. The molecule has 0 unspecified atom stereocenters. The van der Waals surface area contributed by atoms with E-state index in [0.717, 1.165) is 5.56 Å². The van der Waals surface area contributed by atoms with E-state index in [0.29, 0.717) is 30.0 Å². The van der Waals surface area contributed by atoms with Gasteiger partial charge in [0.1, 0.15) is 5.82 Å². The quantitative estimate of drug-likeness (QED) is 0.531. The second-order valence-corrected chi connectivity index (χ2v) is 5.14. The highest BCUT2D eigenvalue weighted by Crippen LogP contribution is 2.06. The summed E-state index contributed by atoms with van der Waals surface area (Å²) in [6.07, 6.45) is 3.12. The molecule has 0 saturated heterocycles. The van der Waals surface area contributed by atoms with Crippen molar-refractivity contribution in [2.75, 3.05) is 18.5 Å². The first-order valence-corrected chi connectivity index (χ1v) is 8.05. The molecule has 1 heterocycles. The summed E-state index contributed by atoms with van der Waals surface area (Å²) in [6.45, 7) is 4.90. The molecule has 0 fully saturated rings. The predicted molar refractivity (Wildman–Crippen MR) is 97.9 cm³/mol. The lowest BCUT2D eigenvalue weighted by molar-refractivity contribution is 0.0947. The number of hydrazone groups is 1. The van der Waals surface area contributed by atoms with Crippen LogP contribution in [0.25, 0.3) is 0 Å². The Hall–Kier alpha value is -3.22. The van der Waals surface area contributed by atoms with Gasteiger partial charge in [-0.3, -0.25) is 15.0 Å². The maximum Gasteiger partial charge on any atom is 0.252 e. The lowest BCUT2D eigenvalue weighted by Crippen LogP contribution is -2.22. The Bertz CT molecular complexity index is 739. The summed E-state index contributed by atoms with van der Waals surface area (Å²) in [5, 5.41) is 9.55.